The van der Waals surface area contributed by atoms with Gasteiger partial charge in [-0.05, 0) is 54.0 Å². The standard InChI is InChI=1S/C13H28N2O/c1-10(2)15(5)11(3)8-13(4,9-16)14-12-6-7-12/h10-12,14,16H,6-9H2,1-5H3. The van der Waals surface area contributed by atoms with Crippen molar-refractivity contribution in [2.75, 3.05) is 13.7 Å². The molecule has 16 heavy (non-hydrogen) atoms. The number of hydrogen-bond acceptors (Lipinski definition) is 3. The van der Waals surface area contributed by atoms with Gasteiger partial charge in [0.2, 0.25) is 0 Å². The Morgan fingerprint density at radius 1 is 1.38 bits per heavy atom. The summed E-state index contributed by atoms with van der Waals surface area (Å²) in [6, 6.07) is 1.69. The van der Waals surface area contributed by atoms with E-state index in [0.29, 0.717) is 18.1 Å². The highest BCUT2D eigenvalue weighted by Crippen LogP contribution is 2.25. The van der Waals surface area contributed by atoms with Crippen LogP contribution < -0.4 is 5.32 Å². The van der Waals surface area contributed by atoms with Gasteiger partial charge in [0, 0.05) is 23.7 Å². The molecule has 0 bridgehead atoms. The van der Waals surface area contributed by atoms with Crippen LogP contribution in [-0.2, 0) is 0 Å². The van der Waals surface area contributed by atoms with Crippen LogP contribution in [0.1, 0.15) is 47.0 Å². The second kappa shape index (κ2) is 5.48. The lowest BCUT2D eigenvalue weighted by Crippen LogP contribution is -2.51. The fraction of sp³-hybridized carbons (Fsp3) is 1.00. The molecule has 2 unspecified atom stereocenters. The van der Waals surface area contributed by atoms with Crippen molar-refractivity contribution in [2.45, 2.75) is 70.6 Å². The highest BCUT2D eigenvalue weighted by atomic mass is 16.3. The number of aliphatic hydroxyl groups excluding tert-OH is 1. The van der Waals surface area contributed by atoms with E-state index in [4.69, 9.17) is 0 Å². The van der Waals surface area contributed by atoms with E-state index in [1.165, 1.54) is 12.8 Å². The van der Waals surface area contributed by atoms with Gasteiger partial charge in [-0.25, -0.2) is 0 Å². The van der Waals surface area contributed by atoms with Gasteiger partial charge in [0.1, 0.15) is 0 Å². The zero-order chi connectivity index (χ0) is 12.3. The molecule has 3 nitrogen and oxygen atoms in total. The smallest absolute Gasteiger partial charge is 0.0611 e. The molecule has 0 amide bonds. The first-order valence-electron chi connectivity index (χ1n) is 6.48. The number of hydrogen-bond donors (Lipinski definition) is 2. The molecular formula is C13H28N2O. The molecule has 0 aromatic rings. The molecule has 0 saturated heterocycles. The Bertz CT molecular complexity index is 216. The molecule has 3 heteroatoms. The minimum atomic E-state index is -0.121. The zero-order valence-electron chi connectivity index (χ0n) is 11.5. The Morgan fingerprint density at radius 2 is 1.94 bits per heavy atom. The number of aliphatic hydroxyl groups is 1. The van der Waals surface area contributed by atoms with Crippen LogP contribution >= 0.6 is 0 Å². The molecule has 1 aliphatic rings. The minimum absolute atomic E-state index is 0.121. The first-order chi connectivity index (χ1) is 7.38. The fourth-order valence-electron chi connectivity index (χ4n) is 2.19. The van der Waals surface area contributed by atoms with Crippen molar-refractivity contribution >= 4 is 0 Å². The molecule has 0 aliphatic heterocycles. The van der Waals surface area contributed by atoms with E-state index < -0.39 is 0 Å². The van der Waals surface area contributed by atoms with Crippen LogP contribution in [0.15, 0.2) is 0 Å². The summed E-state index contributed by atoms with van der Waals surface area (Å²) in [5.41, 5.74) is -0.121. The molecule has 0 aromatic carbocycles. The first-order valence-corrected chi connectivity index (χ1v) is 6.48. The summed E-state index contributed by atoms with van der Waals surface area (Å²) in [6.07, 6.45) is 3.53. The summed E-state index contributed by atoms with van der Waals surface area (Å²) in [7, 11) is 2.16. The summed E-state index contributed by atoms with van der Waals surface area (Å²) in [4.78, 5) is 2.36. The molecule has 2 N–H and O–H groups in total. The van der Waals surface area contributed by atoms with Gasteiger partial charge in [0.25, 0.3) is 0 Å². The maximum Gasteiger partial charge on any atom is 0.0611 e. The van der Waals surface area contributed by atoms with Crippen molar-refractivity contribution in [1.29, 1.82) is 0 Å². The third-order valence-electron chi connectivity index (χ3n) is 3.73. The van der Waals surface area contributed by atoms with Gasteiger partial charge < -0.3 is 15.3 Å². The van der Waals surface area contributed by atoms with E-state index in [0.717, 1.165) is 6.42 Å². The summed E-state index contributed by atoms with van der Waals surface area (Å²) < 4.78 is 0. The predicted molar refractivity (Wildman–Crippen MR) is 68.6 cm³/mol. The first kappa shape index (κ1) is 13.9. The average Bonchev–Trinajstić information content (AvgIpc) is 3.00. The molecule has 2 atom stereocenters. The van der Waals surface area contributed by atoms with Gasteiger partial charge in [-0.1, -0.05) is 0 Å². The van der Waals surface area contributed by atoms with E-state index in [-0.39, 0.29) is 12.1 Å². The SMILES string of the molecule is CC(C)N(C)C(C)CC(C)(CO)NC1CC1. The molecule has 0 aromatic heterocycles. The summed E-state index contributed by atoms with van der Waals surface area (Å²) >= 11 is 0. The Hall–Kier alpha value is -0.120. The monoisotopic (exact) mass is 228 g/mol. The van der Waals surface area contributed by atoms with Gasteiger partial charge >= 0.3 is 0 Å². The van der Waals surface area contributed by atoms with Gasteiger partial charge in [-0.15, -0.1) is 0 Å². The average molecular weight is 228 g/mol. The quantitative estimate of drug-likeness (QED) is 0.695. The number of rotatable bonds is 7. The molecule has 1 aliphatic carbocycles. The maximum atomic E-state index is 9.55. The van der Waals surface area contributed by atoms with E-state index in [1.807, 2.05) is 0 Å². The van der Waals surface area contributed by atoms with Gasteiger partial charge in [-0.2, -0.15) is 0 Å². The third kappa shape index (κ3) is 4.04. The number of nitrogens with one attached hydrogen (secondary N) is 1. The van der Waals surface area contributed by atoms with Gasteiger partial charge in [-0.3, -0.25) is 0 Å². The summed E-state index contributed by atoms with van der Waals surface area (Å²) in [5, 5.41) is 13.1. The number of nitrogens with zero attached hydrogens (tertiary/aromatic N) is 1. The van der Waals surface area contributed by atoms with E-state index in [9.17, 15) is 5.11 Å². The van der Waals surface area contributed by atoms with Gasteiger partial charge in [0.15, 0.2) is 0 Å². The topological polar surface area (TPSA) is 35.5 Å². The molecule has 0 radical (unpaired) electrons. The van der Waals surface area contributed by atoms with E-state index >= 15 is 0 Å². The highest BCUT2D eigenvalue weighted by Gasteiger charge is 2.33. The Balaban J connectivity index is 2.46. The van der Waals surface area contributed by atoms with E-state index in [1.54, 1.807) is 0 Å². The van der Waals surface area contributed by atoms with Crippen molar-refractivity contribution in [3.05, 3.63) is 0 Å². The largest absolute Gasteiger partial charge is 0.394 e. The molecule has 1 saturated carbocycles. The van der Waals surface area contributed by atoms with Crippen LogP contribution in [0.4, 0.5) is 0 Å². The van der Waals surface area contributed by atoms with Crippen molar-refractivity contribution in [3.63, 3.8) is 0 Å². The van der Waals surface area contributed by atoms with Crippen molar-refractivity contribution < 1.29 is 5.11 Å². The highest BCUT2D eigenvalue weighted by molar-refractivity contribution is 4.94. The minimum Gasteiger partial charge on any atom is -0.394 e. The van der Waals surface area contributed by atoms with Crippen molar-refractivity contribution in [3.8, 4) is 0 Å². The van der Waals surface area contributed by atoms with Crippen molar-refractivity contribution in [2.24, 2.45) is 0 Å². The summed E-state index contributed by atoms with van der Waals surface area (Å²) in [5.74, 6) is 0. The van der Waals surface area contributed by atoms with Crippen LogP contribution in [0.5, 0.6) is 0 Å². The Labute approximate surface area is 100 Å². The van der Waals surface area contributed by atoms with Crippen LogP contribution in [0, 0.1) is 0 Å². The molecule has 0 spiro atoms. The fourth-order valence-corrected chi connectivity index (χ4v) is 2.19. The van der Waals surface area contributed by atoms with Crippen LogP contribution in [0.2, 0.25) is 0 Å². The van der Waals surface area contributed by atoms with E-state index in [2.05, 4.69) is 45.0 Å². The maximum absolute atomic E-state index is 9.55. The lowest BCUT2D eigenvalue weighted by Gasteiger charge is -2.37. The normalized spacial score (nSPS) is 22.5. The third-order valence-corrected chi connectivity index (χ3v) is 3.73. The second-order valence-corrected chi connectivity index (χ2v) is 5.95. The second-order valence-electron chi connectivity index (χ2n) is 5.95. The molecule has 0 heterocycles. The zero-order valence-corrected chi connectivity index (χ0v) is 11.5. The summed E-state index contributed by atoms with van der Waals surface area (Å²) in [6.45, 7) is 9.01. The molecule has 1 fully saturated rings. The lowest BCUT2D eigenvalue weighted by molar-refractivity contribution is 0.112. The molecule has 1 rings (SSSR count). The van der Waals surface area contributed by atoms with Crippen LogP contribution in [-0.4, -0.2) is 47.3 Å². The van der Waals surface area contributed by atoms with Crippen LogP contribution in [0.3, 0.4) is 0 Å². The van der Waals surface area contributed by atoms with Crippen LogP contribution in [0.25, 0.3) is 0 Å². The van der Waals surface area contributed by atoms with Crippen molar-refractivity contribution in [1.82, 2.24) is 10.2 Å². The Kier molecular flexibility index (Phi) is 4.77. The van der Waals surface area contributed by atoms with Gasteiger partial charge in [0.05, 0.1) is 6.61 Å². The Morgan fingerprint density at radius 3 is 2.31 bits per heavy atom. The molecule has 96 valence electrons. The predicted octanol–water partition coefficient (Wildman–Crippen LogP) is 1.61. The molecular weight excluding hydrogens is 200 g/mol. The lowest BCUT2D eigenvalue weighted by atomic mass is 9.93.